The lowest BCUT2D eigenvalue weighted by atomic mass is 10.2. The molecule has 3 rings (SSSR count). The van der Waals surface area contributed by atoms with Crippen LogP contribution >= 0.6 is 11.8 Å². The van der Waals surface area contributed by atoms with Gasteiger partial charge in [-0.1, -0.05) is 42.1 Å². The van der Waals surface area contributed by atoms with Gasteiger partial charge in [0.1, 0.15) is 0 Å². The molecule has 1 N–H and O–H groups in total. The van der Waals surface area contributed by atoms with Crippen LogP contribution in [0.3, 0.4) is 0 Å². The first-order valence-electron chi connectivity index (χ1n) is 10.4. The Morgan fingerprint density at radius 2 is 1.70 bits per heavy atom. The van der Waals surface area contributed by atoms with Crippen molar-refractivity contribution in [2.75, 3.05) is 23.7 Å². The van der Waals surface area contributed by atoms with Crippen molar-refractivity contribution in [3.8, 4) is 11.4 Å². The van der Waals surface area contributed by atoms with E-state index in [1.807, 2.05) is 30.3 Å². The number of carbonyl (C=O) groups excluding carboxylic acids is 1. The molecule has 0 atom stereocenters. The fourth-order valence-electron chi connectivity index (χ4n) is 3.28. The van der Waals surface area contributed by atoms with Crippen LogP contribution < -0.4 is 10.2 Å². The maximum atomic E-state index is 12.2. The second-order valence-corrected chi connectivity index (χ2v) is 7.76. The zero-order valence-electron chi connectivity index (χ0n) is 17.8. The van der Waals surface area contributed by atoms with Gasteiger partial charge in [-0.05, 0) is 50.6 Å². The molecule has 2 aromatic carbocycles. The standard InChI is InChI=1S/C23H29N5OS/c1-4-27(5-2)20-14-12-19(13-15-20)22-25-26-23(28(22)6-3)30-17-21(29)24-16-18-10-8-7-9-11-18/h7-15H,4-6,16-17H2,1-3H3,(H,24,29). The summed E-state index contributed by atoms with van der Waals surface area (Å²) in [5, 5.41) is 12.4. The van der Waals surface area contributed by atoms with Crippen LogP contribution in [0.25, 0.3) is 11.4 Å². The zero-order valence-corrected chi connectivity index (χ0v) is 18.7. The van der Waals surface area contributed by atoms with E-state index in [2.05, 4.69) is 70.0 Å². The first kappa shape index (κ1) is 21.9. The maximum absolute atomic E-state index is 12.2. The molecule has 0 aliphatic rings. The fourth-order valence-corrected chi connectivity index (χ4v) is 4.11. The van der Waals surface area contributed by atoms with E-state index in [4.69, 9.17) is 0 Å². The lowest BCUT2D eigenvalue weighted by molar-refractivity contribution is -0.118. The lowest BCUT2D eigenvalue weighted by Gasteiger charge is -2.21. The molecule has 6 nitrogen and oxygen atoms in total. The third kappa shape index (κ3) is 5.42. The Morgan fingerprint density at radius 3 is 2.33 bits per heavy atom. The van der Waals surface area contributed by atoms with E-state index >= 15 is 0 Å². The number of thioether (sulfide) groups is 1. The van der Waals surface area contributed by atoms with Gasteiger partial charge in [0.15, 0.2) is 11.0 Å². The molecule has 0 aliphatic heterocycles. The summed E-state index contributed by atoms with van der Waals surface area (Å²) in [5.74, 6) is 1.13. The van der Waals surface area contributed by atoms with Crippen LogP contribution in [0, 0.1) is 0 Å². The van der Waals surface area contributed by atoms with Crippen molar-refractivity contribution in [3.63, 3.8) is 0 Å². The molecule has 1 amide bonds. The number of benzene rings is 2. The number of nitrogens with one attached hydrogen (secondary N) is 1. The van der Waals surface area contributed by atoms with Gasteiger partial charge >= 0.3 is 0 Å². The number of nitrogens with zero attached hydrogens (tertiary/aromatic N) is 4. The molecule has 0 saturated carbocycles. The van der Waals surface area contributed by atoms with Gasteiger partial charge in [0, 0.05) is 37.4 Å². The van der Waals surface area contributed by atoms with Crippen LogP contribution in [0.2, 0.25) is 0 Å². The number of hydrogen-bond acceptors (Lipinski definition) is 5. The molecule has 3 aromatic rings. The topological polar surface area (TPSA) is 63.1 Å². The Hall–Kier alpha value is -2.80. The minimum Gasteiger partial charge on any atom is -0.372 e. The van der Waals surface area contributed by atoms with Crippen molar-refractivity contribution in [3.05, 3.63) is 60.2 Å². The van der Waals surface area contributed by atoms with Crippen LogP contribution in [0.15, 0.2) is 59.8 Å². The number of aromatic nitrogens is 3. The Labute approximate surface area is 182 Å². The van der Waals surface area contributed by atoms with Crippen molar-refractivity contribution in [2.45, 2.75) is 39.0 Å². The summed E-state index contributed by atoms with van der Waals surface area (Å²) >= 11 is 1.41. The van der Waals surface area contributed by atoms with E-state index in [9.17, 15) is 4.79 Å². The third-order valence-electron chi connectivity index (χ3n) is 4.95. The highest BCUT2D eigenvalue weighted by Gasteiger charge is 2.15. The average Bonchev–Trinajstić information content (AvgIpc) is 3.21. The molecule has 0 fully saturated rings. The smallest absolute Gasteiger partial charge is 0.230 e. The molecule has 30 heavy (non-hydrogen) atoms. The van der Waals surface area contributed by atoms with Crippen LogP contribution in [-0.4, -0.2) is 39.5 Å². The van der Waals surface area contributed by atoms with Crippen molar-refractivity contribution >= 4 is 23.4 Å². The third-order valence-corrected chi connectivity index (χ3v) is 5.92. The van der Waals surface area contributed by atoms with E-state index in [0.717, 1.165) is 41.7 Å². The molecular weight excluding hydrogens is 394 g/mol. The van der Waals surface area contributed by atoms with Gasteiger partial charge in [-0.3, -0.25) is 4.79 Å². The Morgan fingerprint density at radius 1 is 1.00 bits per heavy atom. The van der Waals surface area contributed by atoms with E-state index in [1.54, 1.807) is 0 Å². The summed E-state index contributed by atoms with van der Waals surface area (Å²) in [6, 6.07) is 18.3. The molecule has 0 spiro atoms. The van der Waals surface area contributed by atoms with Crippen molar-refractivity contribution in [1.82, 2.24) is 20.1 Å². The quantitative estimate of drug-likeness (QED) is 0.495. The molecule has 1 aromatic heterocycles. The Bertz CT molecular complexity index is 936. The van der Waals surface area contributed by atoms with Crippen LogP contribution in [0.1, 0.15) is 26.3 Å². The summed E-state index contributed by atoms with van der Waals surface area (Å²) in [7, 11) is 0. The van der Waals surface area contributed by atoms with Crippen molar-refractivity contribution in [2.24, 2.45) is 0 Å². The summed E-state index contributed by atoms with van der Waals surface area (Å²) in [4.78, 5) is 14.5. The van der Waals surface area contributed by atoms with E-state index in [1.165, 1.54) is 17.4 Å². The minimum atomic E-state index is -0.0142. The minimum absolute atomic E-state index is 0.0142. The summed E-state index contributed by atoms with van der Waals surface area (Å²) < 4.78 is 2.06. The van der Waals surface area contributed by atoms with Gasteiger partial charge in [0.05, 0.1) is 5.75 Å². The van der Waals surface area contributed by atoms with Gasteiger partial charge in [-0.2, -0.15) is 0 Å². The normalized spacial score (nSPS) is 10.8. The van der Waals surface area contributed by atoms with Crippen molar-refractivity contribution in [1.29, 1.82) is 0 Å². The zero-order chi connectivity index (χ0) is 21.3. The maximum Gasteiger partial charge on any atom is 0.230 e. The van der Waals surface area contributed by atoms with Crippen LogP contribution in [0.4, 0.5) is 5.69 Å². The van der Waals surface area contributed by atoms with Gasteiger partial charge in [0.2, 0.25) is 5.91 Å². The molecule has 7 heteroatoms. The van der Waals surface area contributed by atoms with Crippen LogP contribution in [0.5, 0.6) is 0 Å². The number of carbonyl (C=O) groups is 1. The molecule has 0 bridgehead atoms. The summed E-state index contributed by atoms with van der Waals surface area (Å²) in [6.45, 7) is 9.62. The number of rotatable bonds is 10. The molecular formula is C23H29N5OS. The second kappa shape index (κ2) is 10.8. The van der Waals surface area contributed by atoms with E-state index < -0.39 is 0 Å². The van der Waals surface area contributed by atoms with Gasteiger partial charge in [-0.15, -0.1) is 10.2 Å². The monoisotopic (exact) mass is 423 g/mol. The van der Waals surface area contributed by atoms with Gasteiger partial charge in [-0.25, -0.2) is 0 Å². The SMILES string of the molecule is CCN(CC)c1ccc(-c2nnc(SCC(=O)NCc3ccccc3)n2CC)cc1. The van der Waals surface area contributed by atoms with Crippen LogP contribution in [-0.2, 0) is 17.9 Å². The number of hydrogen-bond donors (Lipinski definition) is 1. The highest BCUT2D eigenvalue weighted by molar-refractivity contribution is 7.99. The highest BCUT2D eigenvalue weighted by atomic mass is 32.2. The first-order valence-corrected chi connectivity index (χ1v) is 11.4. The van der Waals surface area contributed by atoms with E-state index in [0.29, 0.717) is 12.3 Å². The van der Waals surface area contributed by atoms with Crippen molar-refractivity contribution < 1.29 is 4.79 Å². The molecule has 0 saturated heterocycles. The number of anilines is 1. The summed E-state index contributed by atoms with van der Waals surface area (Å²) in [6.07, 6.45) is 0. The highest BCUT2D eigenvalue weighted by Crippen LogP contribution is 2.26. The molecule has 158 valence electrons. The molecule has 0 unspecified atom stereocenters. The number of amides is 1. The Kier molecular flexibility index (Phi) is 7.90. The Balaban J connectivity index is 1.63. The van der Waals surface area contributed by atoms with Gasteiger partial charge in [0.25, 0.3) is 0 Å². The summed E-state index contributed by atoms with van der Waals surface area (Å²) in [5.41, 5.74) is 3.32. The first-order chi connectivity index (χ1) is 14.7. The predicted octanol–water partition coefficient (Wildman–Crippen LogP) is 4.22. The molecule has 0 radical (unpaired) electrons. The lowest BCUT2D eigenvalue weighted by Crippen LogP contribution is -2.24. The largest absolute Gasteiger partial charge is 0.372 e. The average molecular weight is 424 g/mol. The fraction of sp³-hybridized carbons (Fsp3) is 0.348. The molecule has 0 aliphatic carbocycles. The molecule has 1 heterocycles. The second-order valence-electron chi connectivity index (χ2n) is 6.82. The predicted molar refractivity (Wildman–Crippen MR) is 124 cm³/mol. The van der Waals surface area contributed by atoms with Gasteiger partial charge < -0.3 is 14.8 Å². The van der Waals surface area contributed by atoms with E-state index in [-0.39, 0.29) is 5.91 Å².